The van der Waals surface area contributed by atoms with E-state index in [-0.39, 0.29) is 5.91 Å². The summed E-state index contributed by atoms with van der Waals surface area (Å²) in [6.07, 6.45) is 3.45. The fourth-order valence-corrected chi connectivity index (χ4v) is 1.78. The lowest BCUT2D eigenvalue weighted by Gasteiger charge is -2.12. The van der Waals surface area contributed by atoms with Crippen molar-refractivity contribution < 1.29 is 14.3 Å². The molecule has 0 saturated carbocycles. The molecule has 1 unspecified atom stereocenters. The number of nitrogens with zero attached hydrogens (tertiary/aromatic N) is 1. The molecule has 17 heavy (non-hydrogen) atoms. The van der Waals surface area contributed by atoms with Crippen molar-refractivity contribution in [2.45, 2.75) is 18.0 Å². The monoisotopic (exact) mass is 254 g/mol. The van der Waals surface area contributed by atoms with Crippen LogP contribution in [0.3, 0.4) is 0 Å². The van der Waals surface area contributed by atoms with E-state index in [1.165, 1.54) is 18.9 Å². The summed E-state index contributed by atoms with van der Waals surface area (Å²) in [6, 6.07) is 2.66. The van der Waals surface area contributed by atoms with Crippen molar-refractivity contribution in [1.82, 2.24) is 10.3 Å². The first-order valence-corrected chi connectivity index (χ1v) is 6.20. The number of rotatable bonds is 4. The molecule has 0 fully saturated rings. The van der Waals surface area contributed by atoms with E-state index in [1.54, 1.807) is 25.3 Å². The van der Waals surface area contributed by atoms with Crippen molar-refractivity contribution in [3.05, 3.63) is 23.9 Å². The van der Waals surface area contributed by atoms with Gasteiger partial charge in [0.15, 0.2) is 0 Å². The van der Waals surface area contributed by atoms with Crippen molar-refractivity contribution in [1.29, 1.82) is 0 Å². The van der Waals surface area contributed by atoms with E-state index in [2.05, 4.69) is 15.0 Å². The number of esters is 1. The van der Waals surface area contributed by atoms with Crippen molar-refractivity contribution in [3.8, 4) is 0 Å². The second kappa shape index (κ2) is 6.24. The molecule has 0 aliphatic heterocycles. The van der Waals surface area contributed by atoms with Crippen LogP contribution in [0.2, 0.25) is 0 Å². The number of amides is 1. The molecule has 1 amide bonds. The highest BCUT2D eigenvalue weighted by Gasteiger charge is 2.18. The Morgan fingerprint density at radius 3 is 2.82 bits per heavy atom. The first-order chi connectivity index (χ1) is 8.10. The number of carbonyl (C=O) groups is 2. The van der Waals surface area contributed by atoms with Crippen LogP contribution < -0.4 is 5.32 Å². The molecule has 1 atom stereocenters. The van der Waals surface area contributed by atoms with Crippen LogP contribution in [-0.4, -0.2) is 36.3 Å². The van der Waals surface area contributed by atoms with Gasteiger partial charge in [0.1, 0.15) is 11.1 Å². The van der Waals surface area contributed by atoms with Crippen LogP contribution in [0.4, 0.5) is 0 Å². The molecule has 1 aromatic heterocycles. The van der Waals surface area contributed by atoms with Gasteiger partial charge in [-0.3, -0.25) is 4.79 Å². The molecule has 0 aromatic carbocycles. The first-order valence-electron chi connectivity index (χ1n) is 4.97. The van der Waals surface area contributed by atoms with Gasteiger partial charge >= 0.3 is 5.97 Å². The second-order valence-electron chi connectivity index (χ2n) is 3.28. The summed E-state index contributed by atoms with van der Waals surface area (Å²) < 4.78 is 4.53. The molecular formula is C11H14N2O3S. The van der Waals surface area contributed by atoms with E-state index in [9.17, 15) is 9.59 Å². The predicted octanol–water partition coefficient (Wildman–Crippen LogP) is 1.09. The van der Waals surface area contributed by atoms with Gasteiger partial charge in [-0.15, -0.1) is 11.8 Å². The van der Waals surface area contributed by atoms with Crippen LogP contribution in [0.25, 0.3) is 0 Å². The number of carbonyl (C=O) groups excluding carboxylic acids is 2. The standard InChI is InChI=1S/C11H14N2O3S/c1-7(11(15)16-2)13-9(14)8-5-4-6-12-10(8)17-3/h4-7H,1-3H3,(H,13,14). The molecule has 1 N–H and O–H groups in total. The van der Waals surface area contributed by atoms with E-state index in [0.29, 0.717) is 10.6 Å². The van der Waals surface area contributed by atoms with Crippen molar-refractivity contribution >= 4 is 23.6 Å². The topological polar surface area (TPSA) is 68.3 Å². The van der Waals surface area contributed by atoms with Crippen molar-refractivity contribution in [2.75, 3.05) is 13.4 Å². The average Bonchev–Trinajstić information content (AvgIpc) is 2.37. The van der Waals surface area contributed by atoms with Crippen LogP contribution in [0.5, 0.6) is 0 Å². The number of hydrogen-bond donors (Lipinski definition) is 1. The molecule has 0 aliphatic carbocycles. The molecule has 0 bridgehead atoms. The number of hydrogen-bond acceptors (Lipinski definition) is 5. The number of aromatic nitrogens is 1. The first kappa shape index (κ1) is 13.5. The number of methoxy groups -OCH3 is 1. The third-order valence-electron chi connectivity index (χ3n) is 2.11. The Bertz CT molecular complexity index is 423. The van der Waals surface area contributed by atoms with Gasteiger partial charge in [0.2, 0.25) is 0 Å². The molecule has 0 spiro atoms. The predicted molar refractivity (Wildman–Crippen MR) is 65.0 cm³/mol. The van der Waals surface area contributed by atoms with Gasteiger partial charge in [0.05, 0.1) is 12.7 Å². The Labute approximate surface area is 104 Å². The maximum Gasteiger partial charge on any atom is 0.328 e. The summed E-state index contributed by atoms with van der Waals surface area (Å²) in [7, 11) is 1.28. The molecule has 0 radical (unpaired) electrons. The third kappa shape index (κ3) is 3.45. The lowest BCUT2D eigenvalue weighted by molar-refractivity contribution is -0.142. The van der Waals surface area contributed by atoms with E-state index >= 15 is 0 Å². The van der Waals surface area contributed by atoms with Crippen LogP contribution in [-0.2, 0) is 9.53 Å². The van der Waals surface area contributed by atoms with E-state index in [4.69, 9.17) is 0 Å². The summed E-state index contributed by atoms with van der Waals surface area (Å²) in [4.78, 5) is 27.1. The summed E-state index contributed by atoms with van der Waals surface area (Å²) in [5.74, 6) is -0.812. The van der Waals surface area contributed by atoms with Gasteiger partial charge in [0, 0.05) is 6.20 Å². The number of nitrogens with one attached hydrogen (secondary N) is 1. The molecule has 0 aliphatic rings. The Kier molecular flexibility index (Phi) is 4.96. The van der Waals surface area contributed by atoms with Gasteiger partial charge in [-0.25, -0.2) is 9.78 Å². The summed E-state index contributed by atoms with van der Waals surface area (Å²) in [5, 5.41) is 3.18. The van der Waals surface area contributed by atoms with Gasteiger partial charge in [-0.05, 0) is 25.3 Å². The number of pyridine rings is 1. The Morgan fingerprint density at radius 1 is 1.53 bits per heavy atom. The molecule has 1 aromatic rings. The normalized spacial score (nSPS) is 11.7. The van der Waals surface area contributed by atoms with Crippen molar-refractivity contribution in [3.63, 3.8) is 0 Å². The minimum atomic E-state index is -0.678. The Morgan fingerprint density at radius 2 is 2.24 bits per heavy atom. The quantitative estimate of drug-likeness (QED) is 0.643. The highest BCUT2D eigenvalue weighted by Crippen LogP contribution is 2.16. The smallest absolute Gasteiger partial charge is 0.328 e. The van der Waals surface area contributed by atoms with Gasteiger partial charge in [0.25, 0.3) is 5.91 Å². The molecule has 92 valence electrons. The highest BCUT2D eigenvalue weighted by atomic mass is 32.2. The fraction of sp³-hybridized carbons (Fsp3) is 0.364. The zero-order valence-corrected chi connectivity index (χ0v) is 10.7. The molecule has 6 heteroatoms. The van der Waals surface area contributed by atoms with Gasteiger partial charge in [-0.2, -0.15) is 0 Å². The fourth-order valence-electron chi connectivity index (χ4n) is 1.24. The average molecular weight is 254 g/mol. The lowest BCUT2D eigenvalue weighted by atomic mass is 10.2. The lowest BCUT2D eigenvalue weighted by Crippen LogP contribution is -2.39. The van der Waals surface area contributed by atoms with E-state index < -0.39 is 12.0 Å². The zero-order valence-electron chi connectivity index (χ0n) is 9.89. The minimum Gasteiger partial charge on any atom is -0.467 e. The van der Waals surface area contributed by atoms with Crippen LogP contribution in [0, 0.1) is 0 Å². The van der Waals surface area contributed by atoms with Crippen LogP contribution in [0.15, 0.2) is 23.4 Å². The molecular weight excluding hydrogens is 240 g/mol. The van der Waals surface area contributed by atoms with Crippen molar-refractivity contribution in [2.24, 2.45) is 0 Å². The second-order valence-corrected chi connectivity index (χ2v) is 4.07. The van der Waals surface area contributed by atoms with Crippen LogP contribution >= 0.6 is 11.8 Å². The SMILES string of the molecule is COC(=O)C(C)NC(=O)c1cccnc1SC. The Balaban J connectivity index is 2.79. The molecule has 0 saturated heterocycles. The molecule has 1 rings (SSSR count). The van der Waals surface area contributed by atoms with E-state index in [1.807, 2.05) is 6.26 Å². The van der Waals surface area contributed by atoms with Gasteiger partial charge < -0.3 is 10.1 Å². The summed E-state index contributed by atoms with van der Waals surface area (Å²) in [5.41, 5.74) is 0.454. The summed E-state index contributed by atoms with van der Waals surface area (Å²) >= 11 is 1.38. The molecule has 1 heterocycles. The van der Waals surface area contributed by atoms with Crippen LogP contribution in [0.1, 0.15) is 17.3 Å². The maximum atomic E-state index is 11.9. The molecule has 5 nitrogen and oxygen atoms in total. The third-order valence-corrected chi connectivity index (χ3v) is 2.82. The van der Waals surface area contributed by atoms with Gasteiger partial charge in [-0.1, -0.05) is 0 Å². The minimum absolute atomic E-state index is 0.333. The highest BCUT2D eigenvalue weighted by molar-refractivity contribution is 7.98. The number of thioether (sulfide) groups is 1. The number of ether oxygens (including phenoxy) is 1. The summed E-state index contributed by atoms with van der Waals surface area (Å²) in [6.45, 7) is 1.57. The largest absolute Gasteiger partial charge is 0.467 e. The Hall–Kier alpha value is -1.56. The van der Waals surface area contributed by atoms with E-state index in [0.717, 1.165) is 0 Å². The zero-order chi connectivity index (χ0) is 12.8. The maximum absolute atomic E-state index is 11.9.